The lowest BCUT2D eigenvalue weighted by Gasteiger charge is -2.53. The average molecular weight is 236 g/mol. The van der Waals surface area contributed by atoms with E-state index < -0.39 is 0 Å². The van der Waals surface area contributed by atoms with Gasteiger partial charge in [0.15, 0.2) is 0 Å². The van der Waals surface area contributed by atoms with Crippen molar-refractivity contribution < 1.29 is 0 Å². The Morgan fingerprint density at radius 3 is 2.06 bits per heavy atom. The molecular formula is C15H28N2. The van der Waals surface area contributed by atoms with Gasteiger partial charge < -0.3 is 9.80 Å². The second kappa shape index (κ2) is 4.55. The summed E-state index contributed by atoms with van der Waals surface area (Å²) < 4.78 is 0. The first-order chi connectivity index (χ1) is 8.17. The zero-order chi connectivity index (χ0) is 11.9. The number of nitrogens with zero attached hydrogens (tertiary/aromatic N) is 2. The summed E-state index contributed by atoms with van der Waals surface area (Å²) >= 11 is 0. The zero-order valence-electron chi connectivity index (χ0n) is 11.6. The Labute approximate surface area is 106 Å². The first kappa shape index (κ1) is 12.0. The van der Waals surface area contributed by atoms with Crippen LogP contribution in [0.5, 0.6) is 0 Å². The Kier molecular flexibility index (Phi) is 3.20. The van der Waals surface area contributed by atoms with Gasteiger partial charge in [-0.2, -0.15) is 0 Å². The van der Waals surface area contributed by atoms with Gasteiger partial charge in [-0.25, -0.2) is 0 Å². The minimum absolute atomic E-state index is 0.793. The Balaban J connectivity index is 1.48. The lowest BCUT2D eigenvalue weighted by atomic mass is 9.58. The second-order valence-electron chi connectivity index (χ2n) is 7.08. The Bertz CT molecular complexity index is 252. The third kappa shape index (κ3) is 2.39. The highest BCUT2D eigenvalue weighted by atomic mass is 15.2. The van der Waals surface area contributed by atoms with Gasteiger partial charge in [-0.3, -0.25) is 0 Å². The van der Waals surface area contributed by atoms with Crippen molar-refractivity contribution in [2.45, 2.75) is 51.5 Å². The molecule has 2 aliphatic heterocycles. The van der Waals surface area contributed by atoms with Gasteiger partial charge in [-0.15, -0.1) is 0 Å². The van der Waals surface area contributed by atoms with Crippen LogP contribution in [0.25, 0.3) is 0 Å². The summed E-state index contributed by atoms with van der Waals surface area (Å²) in [5.41, 5.74) is 0.793. The third-order valence-electron chi connectivity index (χ3n) is 5.63. The van der Waals surface area contributed by atoms with Crippen LogP contribution >= 0.6 is 0 Å². The molecular weight excluding hydrogens is 208 g/mol. The summed E-state index contributed by atoms with van der Waals surface area (Å²) in [7, 11) is 2.26. The maximum atomic E-state index is 2.81. The Morgan fingerprint density at radius 2 is 1.53 bits per heavy atom. The van der Waals surface area contributed by atoms with Crippen molar-refractivity contribution in [1.29, 1.82) is 0 Å². The van der Waals surface area contributed by atoms with E-state index in [-0.39, 0.29) is 0 Å². The van der Waals surface area contributed by atoms with Gasteiger partial charge in [0.05, 0.1) is 0 Å². The molecule has 0 radical (unpaired) electrons. The molecule has 2 heterocycles. The highest BCUT2D eigenvalue weighted by Crippen LogP contribution is 2.52. The summed E-state index contributed by atoms with van der Waals surface area (Å²) in [6.07, 6.45) is 8.83. The normalized spacial score (nSPS) is 32.8. The van der Waals surface area contributed by atoms with E-state index in [0.717, 1.165) is 17.4 Å². The molecule has 3 rings (SSSR count). The zero-order valence-corrected chi connectivity index (χ0v) is 11.6. The van der Waals surface area contributed by atoms with E-state index in [1.54, 1.807) is 0 Å². The molecule has 3 fully saturated rings. The van der Waals surface area contributed by atoms with Gasteiger partial charge in [-0.05, 0) is 83.1 Å². The Morgan fingerprint density at radius 1 is 0.941 bits per heavy atom. The van der Waals surface area contributed by atoms with Crippen molar-refractivity contribution in [1.82, 2.24) is 9.80 Å². The smallest absolute Gasteiger partial charge is 0.0120 e. The monoisotopic (exact) mass is 236 g/mol. The van der Waals surface area contributed by atoms with E-state index in [0.29, 0.717) is 0 Å². The molecule has 3 aliphatic rings. The molecule has 2 nitrogen and oxygen atoms in total. The van der Waals surface area contributed by atoms with Crippen LogP contribution in [0.4, 0.5) is 0 Å². The molecule has 0 atom stereocenters. The van der Waals surface area contributed by atoms with Gasteiger partial charge in [0.2, 0.25) is 0 Å². The molecule has 2 heteroatoms. The van der Waals surface area contributed by atoms with E-state index >= 15 is 0 Å². The molecule has 17 heavy (non-hydrogen) atoms. The van der Waals surface area contributed by atoms with Crippen LogP contribution in [-0.4, -0.2) is 49.1 Å². The van der Waals surface area contributed by atoms with Crippen LogP contribution in [0.2, 0.25) is 0 Å². The number of rotatable bonds is 1. The van der Waals surface area contributed by atoms with Gasteiger partial charge in [0, 0.05) is 6.04 Å². The SMILES string of the molecule is CC1CC2(CCN(C3CCN(C)CC3)CC2)C1. The largest absolute Gasteiger partial charge is 0.306 e. The molecule has 1 saturated carbocycles. The van der Waals surface area contributed by atoms with Crippen LogP contribution in [-0.2, 0) is 0 Å². The quantitative estimate of drug-likeness (QED) is 0.690. The van der Waals surface area contributed by atoms with Crippen LogP contribution < -0.4 is 0 Å². The van der Waals surface area contributed by atoms with Gasteiger partial charge in [-0.1, -0.05) is 6.92 Å². The minimum Gasteiger partial charge on any atom is -0.306 e. The number of hydrogen-bond acceptors (Lipinski definition) is 2. The topological polar surface area (TPSA) is 6.48 Å². The molecule has 0 amide bonds. The minimum atomic E-state index is 0.793. The lowest BCUT2D eigenvalue weighted by Crippen LogP contribution is -2.51. The van der Waals surface area contributed by atoms with E-state index in [1.807, 2.05) is 0 Å². The summed E-state index contributed by atoms with van der Waals surface area (Å²) in [6.45, 7) is 7.82. The third-order valence-corrected chi connectivity index (χ3v) is 5.63. The molecule has 0 aromatic rings. The predicted molar refractivity (Wildman–Crippen MR) is 72.2 cm³/mol. The molecule has 1 aliphatic carbocycles. The second-order valence-corrected chi connectivity index (χ2v) is 7.08. The average Bonchev–Trinajstić information content (AvgIpc) is 2.30. The Hall–Kier alpha value is -0.0800. The fourth-order valence-corrected chi connectivity index (χ4v) is 4.55. The molecule has 0 aromatic heterocycles. The summed E-state index contributed by atoms with van der Waals surface area (Å²) in [5.74, 6) is 1.02. The van der Waals surface area contributed by atoms with Gasteiger partial charge in [0.25, 0.3) is 0 Å². The first-order valence-corrected chi connectivity index (χ1v) is 7.59. The first-order valence-electron chi connectivity index (χ1n) is 7.59. The number of likely N-dealkylation sites (tertiary alicyclic amines) is 2. The lowest BCUT2D eigenvalue weighted by molar-refractivity contribution is -0.0251. The fourth-order valence-electron chi connectivity index (χ4n) is 4.55. The highest BCUT2D eigenvalue weighted by Gasteiger charge is 2.44. The van der Waals surface area contributed by atoms with Crippen molar-refractivity contribution >= 4 is 0 Å². The van der Waals surface area contributed by atoms with Crippen molar-refractivity contribution in [3.63, 3.8) is 0 Å². The van der Waals surface area contributed by atoms with Crippen LogP contribution in [0, 0.1) is 11.3 Å². The van der Waals surface area contributed by atoms with Gasteiger partial charge in [0.1, 0.15) is 0 Å². The van der Waals surface area contributed by atoms with Crippen molar-refractivity contribution in [3.05, 3.63) is 0 Å². The predicted octanol–water partition coefficient (Wildman–Crippen LogP) is 2.59. The summed E-state index contributed by atoms with van der Waals surface area (Å²) in [4.78, 5) is 5.29. The van der Waals surface area contributed by atoms with E-state index in [4.69, 9.17) is 0 Å². The number of hydrogen-bond donors (Lipinski definition) is 0. The van der Waals surface area contributed by atoms with Crippen LogP contribution in [0.15, 0.2) is 0 Å². The molecule has 0 unspecified atom stereocenters. The van der Waals surface area contributed by atoms with E-state index in [9.17, 15) is 0 Å². The molecule has 98 valence electrons. The molecule has 1 spiro atoms. The van der Waals surface area contributed by atoms with Crippen molar-refractivity contribution in [2.24, 2.45) is 11.3 Å². The molecule has 2 saturated heterocycles. The van der Waals surface area contributed by atoms with Crippen molar-refractivity contribution in [3.8, 4) is 0 Å². The van der Waals surface area contributed by atoms with Crippen LogP contribution in [0.1, 0.15) is 45.4 Å². The van der Waals surface area contributed by atoms with Crippen LogP contribution in [0.3, 0.4) is 0 Å². The number of piperidine rings is 2. The highest BCUT2D eigenvalue weighted by molar-refractivity contribution is 4.96. The van der Waals surface area contributed by atoms with Gasteiger partial charge >= 0.3 is 0 Å². The van der Waals surface area contributed by atoms with Crippen molar-refractivity contribution in [2.75, 3.05) is 33.2 Å². The maximum absolute atomic E-state index is 2.81. The molecule has 0 bridgehead atoms. The molecule has 0 aromatic carbocycles. The van der Waals surface area contributed by atoms with E-state index in [1.165, 1.54) is 64.7 Å². The fraction of sp³-hybridized carbons (Fsp3) is 1.00. The maximum Gasteiger partial charge on any atom is 0.0120 e. The summed E-state index contributed by atoms with van der Waals surface area (Å²) in [6, 6.07) is 0.904. The standard InChI is InChI=1S/C15H28N2/c1-13-11-15(12-13)5-9-17(10-6-15)14-3-7-16(2)8-4-14/h13-14H,3-12H2,1-2H3. The van der Waals surface area contributed by atoms with E-state index in [2.05, 4.69) is 23.8 Å². The summed E-state index contributed by atoms with van der Waals surface area (Å²) in [5, 5.41) is 0. The molecule has 0 N–H and O–H groups in total.